The Morgan fingerprint density at radius 3 is 2.04 bits per heavy atom. The minimum atomic E-state index is -0.0454. The molecule has 4 nitrogen and oxygen atoms in total. The molecule has 1 amide bonds. The molecule has 0 aliphatic rings. The average Bonchev–Trinajstić information content (AvgIpc) is 2.68. The molecular formula is C23H29NO3. The van der Waals surface area contributed by atoms with Crippen molar-refractivity contribution < 1.29 is 14.3 Å². The van der Waals surface area contributed by atoms with Crippen LogP contribution in [0.5, 0.6) is 5.75 Å². The maximum Gasteiger partial charge on any atom is 0.220 e. The minimum Gasteiger partial charge on any atom is -0.497 e. The highest BCUT2D eigenvalue weighted by atomic mass is 16.5. The number of benzene rings is 2. The summed E-state index contributed by atoms with van der Waals surface area (Å²) < 4.78 is 5.09. The van der Waals surface area contributed by atoms with Crippen molar-refractivity contribution in [1.82, 2.24) is 5.32 Å². The summed E-state index contributed by atoms with van der Waals surface area (Å²) in [6.07, 6.45) is 1.24. The average molecular weight is 367 g/mol. The van der Waals surface area contributed by atoms with E-state index < -0.39 is 0 Å². The monoisotopic (exact) mass is 367 g/mol. The van der Waals surface area contributed by atoms with E-state index >= 15 is 0 Å². The third kappa shape index (κ3) is 6.24. The zero-order chi connectivity index (χ0) is 19.8. The molecule has 1 N–H and O–H groups in total. The molecular weight excluding hydrogens is 338 g/mol. The number of carbonyl (C=O) groups is 2. The molecule has 1 atom stereocenters. The van der Waals surface area contributed by atoms with Gasteiger partial charge in [-0.1, -0.05) is 38.1 Å². The van der Waals surface area contributed by atoms with Crippen LogP contribution in [0, 0.1) is 0 Å². The molecule has 1 unspecified atom stereocenters. The number of Topliss-reactive ketones (excluding diaryl/α,β-unsaturated/α-hetero) is 1. The molecule has 0 aliphatic heterocycles. The number of ether oxygens (including phenoxy) is 1. The first-order valence-electron chi connectivity index (χ1n) is 9.47. The summed E-state index contributed by atoms with van der Waals surface area (Å²) in [5.74, 6) is 1.23. The van der Waals surface area contributed by atoms with Gasteiger partial charge < -0.3 is 10.1 Å². The molecule has 0 spiro atoms. The lowest BCUT2D eigenvalue weighted by Crippen LogP contribution is -2.26. The van der Waals surface area contributed by atoms with Crippen LogP contribution in [0.25, 0.3) is 0 Å². The molecule has 0 aliphatic carbocycles. The number of rotatable bonds is 9. The van der Waals surface area contributed by atoms with Gasteiger partial charge in [0.25, 0.3) is 0 Å². The van der Waals surface area contributed by atoms with Crippen molar-refractivity contribution in [2.75, 3.05) is 7.11 Å². The molecule has 2 aromatic rings. The van der Waals surface area contributed by atoms with Crippen LogP contribution in [0.3, 0.4) is 0 Å². The van der Waals surface area contributed by atoms with Crippen LogP contribution < -0.4 is 10.1 Å². The number of hydrogen-bond donors (Lipinski definition) is 1. The lowest BCUT2D eigenvalue weighted by atomic mass is 9.99. The van der Waals surface area contributed by atoms with Crippen molar-refractivity contribution >= 4 is 11.7 Å². The Labute approximate surface area is 161 Å². The lowest BCUT2D eigenvalue weighted by molar-refractivity contribution is -0.121. The topological polar surface area (TPSA) is 55.4 Å². The number of hydrogen-bond acceptors (Lipinski definition) is 3. The Morgan fingerprint density at radius 2 is 1.48 bits per heavy atom. The lowest BCUT2D eigenvalue weighted by Gasteiger charge is -2.15. The molecule has 4 heteroatoms. The van der Waals surface area contributed by atoms with E-state index in [2.05, 4.69) is 43.4 Å². The molecule has 0 saturated heterocycles. The molecule has 144 valence electrons. The first-order valence-corrected chi connectivity index (χ1v) is 9.47. The fraction of sp³-hybridized carbons (Fsp3) is 0.391. The van der Waals surface area contributed by atoms with E-state index in [9.17, 15) is 9.59 Å². The molecule has 0 fully saturated rings. The molecule has 0 aromatic heterocycles. The van der Waals surface area contributed by atoms with E-state index in [1.54, 1.807) is 31.4 Å². The van der Waals surface area contributed by atoms with E-state index in [1.807, 2.05) is 6.92 Å². The van der Waals surface area contributed by atoms with Crippen LogP contribution in [-0.4, -0.2) is 18.8 Å². The third-order valence-corrected chi connectivity index (χ3v) is 4.70. The second-order valence-electron chi connectivity index (χ2n) is 7.12. The van der Waals surface area contributed by atoms with E-state index in [4.69, 9.17) is 4.74 Å². The summed E-state index contributed by atoms with van der Waals surface area (Å²) in [6, 6.07) is 15.3. The molecule has 0 saturated carbocycles. The van der Waals surface area contributed by atoms with E-state index in [-0.39, 0.29) is 17.7 Å². The van der Waals surface area contributed by atoms with Crippen molar-refractivity contribution in [3.05, 3.63) is 65.2 Å². The number of ketones is 1. The summed E-state index contributed by atoms with van der Waals surface area (Å²) in [5, 5.41) is 3.01. The second kappa shape index (κ2) is 9.91. The zero-order valence-electron chi connectivity index (χ0n) is 16.6. The summed E-state index contributed by atoms with van der Waals surface area (Å²) in [7, 11) is 1.59. The Morgan fingerprint density at radius 1 is 0.889 bits per heavy atom. The van der Waals surface area contributed by atoms with Gasteiger partial charge in [-0.3, -0.25) is 9.59 Å². The van der Waals surface area contributed by atoms with Gasteiger partial charge in [0.15, 0.2) is 5.78 Å². The van der Waals surface area contributed by atoms with Crippen LogP contribution in [0.1, 0.15) is 73.5 Å². The van der Waals surface area contributed by atoms with E-state index in [1.165, 1.54) is 5.56 Å². The van der Waals surface area contributed by atoms with E-state index in [0.717, 1.165) is 11.3 Å². The van der Waals surface area contributed by atoms with Gasteiger partial charge in [-0.25, -0.2) is 0 Å². The Balaban J connectivity index is 1.77. The van der Waals surface area contributed by atoms with Gasteiger partial charge in [-0.2, -0.15) is 0 Å². The SMILES string of the molecule is COc1ccc(C(=O)CCCC(=O)NC(C)c2ccc(C(C)C)cc2)cc1. The molecule has 2 rings (SSSR count). The number of amides is 1. The van der Waals surface area contributed by atoms with Gasteiger partial charge in [-0.15, -0.1) is 0 Å². The number of methoxy groups -OCH3 is 1. The molecule has 0 bridgehead atoms. The van der Waals surface area contributed by atoms with Gasteiger partial charge in [0.1, 0.15) is 5.75 Å². The maximum absolute atomic E-state index is 12.2. The number of carbonyl (C=O) groups excluding carboxylic acids is 2. The Kier molecular flexibility index (Phi) is 7.59. The highest BCUT2D eigenvalue weighted by Gasteiger charge is 2.12. The van der Waals surface area contributed by atoms with Crippen LogP contribution in [-0.2, 0) is 4.79 Å². The largest absolute Gasteiger partial charge is 0.497 e. The van der Waals surface area contributed by atoms with Gasteiger partial charge in [0, 0.05) is 18.4 Å². The second-order valence-corrected chi connectivity index (χ2v) is 7.12. The summed E-state index contributed by atoms with van der Waals surface area (Å²) in [5.41, 5.74) is 3.02. The Hall–Kier alpha value is -2.62. The quantitative estimate of drug-likeness (QED) is 0.631. The zero-order valence-corrected chi connectivity index (χ0v) is 16.6. The fourth-order valence-electron chi connectivity index (χ4n) is 2.90. The first kappa shape index (κ1) is 20.7. The van der Waals surface area contributed by atoms with Crippen molar-refractivity contribution in [3.63, 3.8) is 0 Å². The van der Waals surface area contributed by atoms with Crippen LogP contribution in [0.15, 0.2) is 48.5 Å². The Bertz CT molecular complexity index is 748. The molecule has 2 aromatic carbocycles. The molecule has 0 radical (unpaired) electrons. The summed E-state index contributed by atoms with van der Waals surface area (Å²) >= 11 is 0. The molecule has 0 heterocycles. The maximum atomic E-state index is 12.2. The smallest absolute Gasteiger partial charge is 0.220 e. The van der Waals surface area contributed by atoms with Crippen molar-refractivity contribution in [2.24, 2.45) is 0 Å². The number of nitrogens with one attached hydrogen (secondary N) is 1. The fourth-order valence-corrected chi connectivity index (χ4v) is 2.90. The highest BCUT2D eigenvalue weighted by Crippen LogP contribution is 2.19. The third-order valence-electron chi connectivity index (χ3n) is 4.70. The predicted octanol–water partition coefficient (Wildman–Crippen LogP) is 5.05. The van der Waals surface area contributed by atoms with E-state index in [0.29, 0.717) is 30.7 Å². The standard InChI is InChI=1S/C23H29NO3/c1-16(2)18-8-10-19(11-9-18)17(3)24-23(26)7-5-6-22(25)20-12-14-21(27-4)15-13-20/h8-17H,5-7H2,1-4H3,(H,24,26). The predicted molar refractivity (Wildman–Crippen MR) is 108 cm³/mol. The first-order chi connectivity index (χ1) is 12.9. The van der Waals surface area contributed by atoms with Gasteiger partial charge in [0.05, 0.1) is 13.2 Å². The van der Waals surface area contributed by atoms with Crippen LogP contribution in [0.2, 0.25) is 0 Å². The van der Waals surface area contributed by atoms with Gasteiger partial charge >= 0.3 is 0 Å². The minimum absolute atomic E-state index is 0.0297. The van der Waals surface area contributed by atoms with Gasteiger partial charge in [0.2, 0.25) is 5.91 Å². The van der Waals surface area contributed by atoms with Gasteiger partial charge in [-0.05, 0) is 54.7 Å². The summed E-state index contributed by atoms with van der Waals surface area (Å²) in [6.45, 7) is 6.30. The normalized spacial score (nSPS) is 11.9. The van der Waals surface area contributed by atoms with Crippen molar-refractivity contribution in [3.8, 4) is 5.75 Å². The molecule has 27 heavy (non-hydrogen) atoms. The van der Waals surface area contributed by atoms with Crippen molar-refractivity contribution in [1.29, 1.82) is 0 Å². The van der Waals surface area contributed by atoms with Crippen molar-refractivity contribution in [2.45, 2.75) is 52.0 Å². The van der Waals surface area contributed by atoms with Crippen LogP contribution in [0.4, 0.5) is 0 Å². The van der Waals surface area contributed by atoms with Crippen LogP contribution >= 0.6 is 0 Å². The summed E-state index contributed by atoms with van der Waals surface area (Å²) in [4.78, 5) is 24.3. The highest BCUT2D eigenvalue weighted by molar-refractivity contribution is 5.96.